The smallest absolute Gasteiger partial charge is 0.291 e. The Morgan fingerprint density at radius 3 is 2.56 bits per heavy atom. The van der Waals surface area contributed by atoms with Crippen LogP contribution >= 0.6 is 34.5 Å². The van der Waals surface area contributed by atoms with Gasteiger partial charge in [-0.1, -0.05) is 41.4 Å². The number of nitrogens with one attached hydrogen (secondary N) is 1. The zero-order valence-electron chi connectivity index (χ0n) is 13.7. The highest BCUT2D eigenvalue weighted by Crippen LogP contribution is 2.36. The average Bonchev–Trinajstić information content (AvgIpc) is 3.19. The summed E-state index contributed by atoms with van der Waals surface area (Å²) in [5.41, 5.74) is 0.737. The second-order valence-corrected chi connectivity index (χ2v) is 7.56. The molecule has 27 heavy (non-hydrogen) atoms. The molecule has 4 rings (SSSR count). The third kappa shape index (κ3) is 3.37. The number of carbonyl (C=O) groups excluding carboxylic acids is 1. The highest BCUT2D eigenvalue weighted by atomic mass is 35.5. The lowest BCUT2D eigenvalue weighted by Crippen LogP contribution is -2.15. The first-order valence-corrected chi connectivity index (χ1v) is 9.48. The predicted octanol–water partition coefficient (Wildman–Crippen LogP) is 6.08. The number of hydrogen-bond donors (Lipinski definition) is 1. The van der Waals surface area contributed by atoms with E-state index in [1.807, 2.05) is 12.1 Å². The molecule has 1 amide bonds. The first-order chi connectivity index (χ1) is 13.0. The molecular weight excluding hydrogens is 405 g/mol. The van der Waals surface area contributed by atoms with Crippen LogP contribution < -0.4 is 10.7 Å². The van der Waals surface area contributed by atoms with Crippen LogP contribution in [0.5, 0.6) is 0 Å². The second kappa shape index (κ2) is 7.19. The van der Waals surface area contributed by atoms with Crippen molar-refractivity contribution in [2.24, 2.45) is 0 Å². The Morgan fingerprint density at radius 2 is 1.81 bits per heavy atom. The highest BCUT2D eigenvalue weighted by molar-refractivity contribution is 7.22. The number of rotatable bonds is 3. The molecule has 0 saturated carbocycles. The summed E-state index contributed by atoms with van der Waals surface area (Å²) >= 11 is 13.5. The van der Waals surface area contributed by atoms with Gasteiger partial charge in [-0.3, -0.25) is 9.59 Å². The third-order valence-electron chi connectivity index (χ3n) is 3.98. The molecule has 2 aromatic carbocycles. The summed E-state index contributed by atoms with van der Waals surface area (Å²) in [5, 5.41) is 4.49. The van der Waals surface area contributed by atoms with Crippen molar-refractivity contribution in [2.75, 3.05) is 5.32 Å². The summed E-state index contributed by atoms with van der Waals surface area (Å²) in [5.74, 6) is -0.282. The van der Waals surface area contributed by atoms with Crippen LogP contribution in [-0.4, -0.2) is 5.91 Å². The number of hydrogen-bond acceptors (Lipinski definition) is 4. The fourth-order valence-electron chi connectivity index (χ4n) is 2.72. The zero-order valence-corrected chi connectivity index (χ0v) is 16.0. The van der Waals surface area contributed by atoms with Crippen molar-refractivity contribution in [2.45, 2.75) is 0 Å². The van der Waals surface area contributed by atoms with Gasteiger partial charge in [-0.15, -0.1) is 11.3 Å². The van der Waals surface area contributed by atoms with Gasteiger partial charge in [-0.05, 0) is 42.0 Å². The van der Waals surface area contributed by atoms with Gasteiger partial charge in [0.25, 0.3) is 5.91 Å². The number of halogens is 2. The van der Waals surface area contributed by atoms with E-state index < -0.39 is 5.91 Å². The molecule has 134 valence electrons. The maximum absolute atomic E-state index is 13.2. The van der Waals surface area contributed by atoms with Crippen molar-refractivity contribution < 1.29 is 9.21 Å². The molecule has 4 aromatic rings. The van der Waals surface area contributed by atoms with E-state index in [9.17, 15) is 9.59 Å². The summed E-state index contributed by atoms with van der Waals surface area (Å²) in [6.07, 6.45) is 1.41. The van der Waals surface area contributed by atoms with E-state index in [4.69, 9.17) is 27.6 Å². The molecule has 0 fully saturated rings. The third-order valence-corrected chi connectivity index (χ3v) is 5.80. The standard InChI is InChI=1S/C20H11Cl2NO3S/c21-13-8-7-11(10-14(13)22)17-18(24)12-4-1-2-6-16(12)27-20(17)23-19(25)15-5-3-9-26-15/h1-10H,(H,23,25). The van der Waals surface area contributed by atoms with E-state index in [1.165, 1.54) is 17.6 Å². The van der Waals surface area contributed by atoms with Crippen molar-refractivity contribution in [3.05, 3.63) is 86.9 Å². The molecule has 0 aliphatic carbocycles. The molecule has 0 spiro atoms. The first kappa shape index (κ1) is 17.8. The quantitative estimate of drug-likeness (QED) is 0.440. The Hall–Kier alpha value is -2.60. The van der Waals surface area contributed by atoms with Crippen LogP contribution in [0.15, 0.2) is 70.1 Å². The maximum atomic E-state index is 13.2. The number of furan rings is 1. The Kier molecular flexibility index (Phi) is 4.74. The number of carbonyl (C=O) groups is 1. The average molecular weight is 416 g/mol. The lowest BCUT2D eigenvalue weighted by Gasteiger charge is -2.12. The molecule has 2 heterocycles. The van der Waals surface area contributed by atoms with Crippen molar-refractivity contribution in [1.29, 1.82) is 0 Å². The Morgan fingerprint density at radius 1 is 1.00 bits per heavy atom. The topological polar surface area (TPSA) is 59.3 Å². The Bertz CT molecular complexity index is 1220. The first-order valence-electron chi connectivity index (χ1n) is 7.91. The molecular formula is C20H11Cl2NO3S. The molecule has 1 N–H and O–H groups in total. The maximum Gasteiger partial charge on any atom is 0.291 e. The van der Waals surface area contributed by atoms with Gasteiger partial charge in [0.15, 0.2) is 11.2 Å². The molecule has 0 unspecified atom stereocenters. The fraction of sp³-hybridized carbons (Fsp3) is 0. The van der Waals surface area contributed by atoms with E-state index in [0.717, 1.165) is 4.70 Å². The monoisotopic (exact) mass is 415 g/mol. The molecule has 7 heteroatoms. The summed E-state index contributed by atoms with van der Waals surface area (Å²) in [6, 6.07) is 15.4. The normalized spacial score (nSPS) is 10.9. The lowest BCUT2D eigenvalue weighted by molar-refractivity contribution is 0.0997. The van der Waals surface area contributed by atoms with Crippen LogP contribution in [0.1, 0.15) is 10.6 Å². The van der Waals surface area contributed by atoms with E-state index in [-0.39, 0.29) is 11.2 Å². The van der Waals surface area contributed by atoms with E-state index in [1.54, 1.807) is 42.5 Å². The van der Waals surface area contributed by atoms with Crippen molar-refractivity contribution >= 4 is 55.5 Å². The molecule has 4 nitrogen and oxygen atoms in total. The van der Waals surface area contributed by atoms with E-state index >= 15 is 0 Å². The number of amides is 1. The molecule has 0 radical (unpaired) electrons. The summed E-state index contributed by atoms with van der Waals surface area (Å²) < 4.78 is 5.91. The molecule has 2 aromatic heterocycles. The molecule has 0 bridgehead atoms. The minimum Gasteiger partial charge on any atom is -0.459 e. The minimum absolute atomic E-state index is 0.155. The van der Waals surface area contributed by atoms with Crippen molar-refractivity contribution in [1.82, 2.24) is 0 Å². The highest BCUT2D eigenvalue weighted by Gasteiger charge is 2.19. The van der Waals surface area contributed by atoms with Crippen LogP contribution in [0.4, 0.5) is 5.00 Å². The predicted molar refractivity (Wildman–Crippen MR) is 110 cm³/mol. The SMILES string of the molecule is O=C(Nc1sc2ccccc2c(=O)c1-c1ccc(Cl)c(Cl)c1)c1ccco1. The minimum atomic E-state index is -0.438. The number of benzene rings is 2. The fourth-order valence-corrected chi connectivity index (χ4v) is 4.11. The summed E-state index contributed by atoms with van der Waals surface area (Å²) in [4.78, 5) is 25.6. The van der Waals surface area contributed by atoms with Gasteiger partial charge in [0, 0.05) is 10.1 Å². The number of anilines is 1. The Labute approximate surface area is 168 Å². The molecule has 0 saturated heterocycles. The second-order valence-electron chi connectivity index (χ2n) is 5.69. The summed E-state index contributed by atoms with van der Waals surface area (Å²) in [7, 11) is 0. The van der Waals surface area contributed by atoms with Gasteiger partial charge in [-0.25, -0.2) is 0 Å². The zero-order chi connectivity index (χ0) is 19.0. The van der Waals surface area contributed by atoms with Crippen LogP contribution in [-0.2, 0) is 0 Å². The van der Waals surface area contributed by atoms with E-state index in [2.05, 4.69) is 5.32 Å². The van der Waals surface area contributed by atoms with E-state index in [0.29, 0.717) is 31.6 Å². The van der Waals surface area contributed by atoms with Gasteiger partial charge < -0.3 is 9.73 Å². The largest absolute Gasteiger partial charge is 0.459 e. The van der Waals surface area contributed by atoms with Crippen LogP contribution in [0.25, 0.3) is 21.2 Å². The molecule has 0 atom stereocenters. The van der Waals surface area contributed by atoms with Crippen molar-refractivity contribution in [3.8, 4) is 11.1 Å². The van der Waals surface area contributed by atoms with Gasteiger partial charge in [-0.2, -0.15) is 0 Å². The van der Waals surface area contributed by atoms with Gasteiger partial charge in [0.2, 0.25) is 0 Å². The molecule has 0 aliphatic rings. The van der Waals surface area contributed by atoms with Crippen LogP contribution in [0.2, 0.25) is 10.0 Å². The summed E-state index contributed by atoms with van der Waals surface area (Å²) in [6.45, 7) is 0. The number of fused-ring (bicyclic) bond motifs is 1. The van der Waals surface area contributed by atoms with Gasteiger partial charge in [0.1, 0.15) is 5.00 Å². The Balaban J connectivity index is 1.94. The van der Waals surface area contributed by atoms with Gasteiger partial charge in [0.05, 0.1) is 21.9 Å². The van der Waals surface area contributed by atoms with Crippen molar-refractivity contribution in [3.63, 3.8) is 0 Å². The van der Waals surface area contributed by atoms with Crippen LogP contribution in [0.3, 0.4) is 0 Å². The molecule has 0 aliphatic heterocycles. The van der Waals surface area contributed by atoms with Crippen LogP contribution in [0, 0.1) is 0 Å². The lowest BCUT2D eigenvalue weighted by atomic mass is 10.1. The van der Waals surface area contributed by atoms with Gasteiger partial charge >= 0.3 is 0 Å².